The summed E-state index contributed by atoms with van der Waals surface area (Å²) in [6, 6.07) is 10.4. The summed E-state index contributed by atoms with van der Waals surface area (Å²) < 4.78 is 25.8. The first-order chi connectivity index (χ1) is 13.2. The summed E-state index contributed by atoms with van der Waals surface area (Å²) in [5, 5.41) is 4.59. The van der Waals surface area contributed by atoms with Gasteiger partial charge in [0.05, 0.1) is 21.6 Å². The molecule has 0 radical (unpaired) electrons. The van der Waals surface area contributed by atoms with E-state index < -0.39 is 15.1 Å². The SMILES string of the molecule is Cc1ccc(C)c(NC(=O)CC(C)S(=O)(=O)c2ccc3c(c2)NC(=O)CS3)c1. The van der Waals surface area contributed by atoms with Crippen LogP contribution < -0.4 is 10.6 Å². The van der Waals surface area contributed by atoms with E-state index in [1.165, 1.54) is 30.8 Å². The number of benzene rings is 2. The molecule has 2 aromatic carbocycles. The number of hydrogen-bond donors (Lipinski definition) is 2. The van der Waals surface area contributed by atoms with Crippen molar-refractivity contribution in [2.45, 2.75) is 42.2 Å². The van der Waals surface area contributed by atoms with E-state index in [4.69, 9.17) is 0 Å². The number of rotatable bonds is 5. The normalized spacial score (nSPS) is 14.8. The van der Waals surface area contributed by atoms with Crippen LogP contribution in [0.3, 0.4) is 0 Å². The highest BCUT2D eigenvalue weighted by Gasteiger charge is 2.27. The lowest BCUT2D eigenvalue weighted by atomic mass is 10.1. The number of aryl methyl sites for hydroxylation is 2. The molecule has 0 bridgehead atoms. The number of carbonyl (C=O) groups excluding carboxylic acids is 2. The Balaban J connectivity index is 1.75. The van der Waals surface area contributed by atoms with Crippen molar-refractivity contribution in [3.05, 3.63) is 47.5 Å². The lowest BCUT2D eigenvalue weighted by Gasteiger charge is -2.19. The summed E-state index contributed by atoms with van der Waals surface area (Å²) in [7, 11) is -3.72. The molecule has 1 atom stereocenters. The van der Waals surface area contributed by atoms with Crippen molar-refractivity contribution in [3.63, 3.8) is 0 Å². The molecule has 0 saturated heterocycles. The van der Waals surface area contributed by atoms with Crippen LogP contribution in [0, 0.1) is 13.8 Å². The summed E-state index contributed by atoms with van der Waals surface area (Å²) in [5.41, 5.74) is 3.10. The van der Waals surface area contributed by atoms with E-state index in [1.54, 1.807) is 6.07 Å². The number of amides is 2. The molecule has 1 aliphatic heterocycles. The van der Waals surface area contributed by atoms with Crippen LogP contribution in [0.15, 0.2) is 46.2 Å². The van der Waals surface area contributed by atoms with E-state index in [-0.39, 0.29) is 23.1 Å². The third-order valence-corrected chi connectivity index (χ3v) is 7.79. The molecule has 0 fully saturated rings. The van der Waals surface area contributed by atoms with Crippen molar-refractivity contribution in [2.75, 3.05) is 16.4 Å². The Labute approximate surface area is 169 Å². The Bertz CT molecular complexity index is 1050. The zero-order valence-corrected chi connectivity index (χ0v) is 17.5. The third kappa shape index (κ3) is 4.39. The molecule has 0 aliphatic carbocycles. The van der Waals surface area contributed by atoms with E-state index in [0.717, 1.165) is 16.0 Å². The summed E-state index contributed by atoms with van der Waals surface area (Å²) in [4.78, 5) is 24.9. The zero-order valence-electron chi connectivity index (χ0n) is 15.9. The Morgan fingerprint density at radius 1 is 1.21 bits per heavy atom. The molecule has 1 unspecified atom stereocenters. The van der Waals surface area contributed by atoms with Crippen molar-refractivity contribution in [1.29, 1.82) is 0 Å². The molecule has 2 N–H and O–H groups in total. The molecular formula is C20H22N2O4S2. The van der Waals surface area contributed by atoms with Gasteiger partial charge in [-0.05, 0) is 56.2 Å². The maximum absolute atomic E-state index is 12.9. The highest BCUT2D eigenvalue weighted by atomic mass is 32.2. The predicted octanol–water partition coefficient (Wildman–Crippen LogP) is 3.54. The van der Waals surface area contributed by atoms with Gasteiger partial charge in [0.2, 0.25) is 11.8 Å². The fourth-order valence-electron chi connectivity index (χ4n) is 2.91. The molecular weight excluding hydrogens is 396 g/mol. The monoisotopic (exact) mass is 418 g/mol. The summed E-state index contributed by atoms with van der Waals surface area (Å²) >= 11 is 1.37. The number of anilines is 2. The summed E-state index contributed by atoms with van der Waals surface area (Å²) in [5.74, 6) is -0.201. The first-order valence-electron chi connectivity index (χ1n) is 8.84. The molecule has 0 aromatic heterocycles. The number of thioether (sulfide) groups is 1. The molecule has 2 aromatic rings. The van der Waals surface area contributed by atoms with Crippen LogP contribution in [0.25, 0.3) is 0 Å². The Kier molecular flexibility index (Phi) is 5.81. The van der Waals surface area contributed by atoms with Gasteiger partial charge in [-0.15, -0.1) is 11.8 Å². The van der Waals surface area contributed by atoms with Gasteiger partial charge in [0.25, 0.3) is 0 Å². The number of sulfone groups is 1. The van der Waals surface area contributed by atoms with Crippen molar-refractivity contribution >= 4 is 44.8 Å². The first kappa shape index (κ1) is 20.4. The third-order valence-electron chi connectivity index (χ3n) is 4.58. The van der Waals surface area contributed by atoms with Crippen molar-refractivity contribution in [2.24, 2.45) is 0 Å². The van der Waals surface area contributed by atoms with Crippen LogP contribution >= 0.6 is 11.8 Å². The van der Waals surface area contributed by atoms with Gasteiger partial charge < -0.3 is 10.6 Å². The second-order valence-electron chi connectivity index (χ2n) is 6.92. The minimum atomic E-state index is -3.72. The van der Waals surface area contributed by atoms with Gasteiger partial charge in [-0.25, -0.2) is 8.42 Å². The van der Waals surface area contributed by atoms with Crippen LogP contribution in [0.1, 0.15) is 24.5 Å². The maximum atomic E-state index is 12.9. The second-order valence-corrected chi connectivity index (χ2v) is 10.3. The first-order valence-corrected chi connectivity index (χ1v) is 11.4. The van der Waals surface area contributed by atoms with E-state index in [0.29, 0.717) is 17.1 Å². The minimum absolute atomic E-state index is 0.0982. The smallest absolute Gasteiger partial charge is 0.234 e. The Morgan fingerprint density at radius 3 is 2.71 bits per heavy atom. The van der Waals surface area contributed by atoms with E-state index in [1.807, 2.05) is 32.0 Å². The molecule has 3 rings (SSSR count). The highest BCUT2D eigenvalue weighted by Crippen LogP contribution is 2.34. The quantitative estimate of drug-likeness (QED) is 0.775. The second kappa shape index (κ2) is 7.97. The van der Waals surface area contributed by atoms with Gasteiger partial charge in [0.15, 0.2) is 9.84 Å². The summed E-state index contributed by atoms with van der Waals surface area (Å²) in [6.45, 7) is 5.33. The van der Waals surface area contributed by atoms with E-state index in [9.17, 15) is 18.0 Å². The molecule has 28 heavy (non-hydrogen) atoms. The van der Waals surface area contributed by atoms with Gasteiger partial charge in [-0.3, -0.25) is 9.59 Å². The van der Waals surface area contributed by atoms with Crippen molar-refractivity contribution in [1.82, 2.24) is 0 Å². The van der Waals surface area contributed by atoms with Crippen LogP contribution in [0.2, 0.25) is 0 Å². The summed E-state index contributed by atoms with van der Waals surface area (Å²) in [6.07, 6.45) is -0.159. The van der Waals surface area contributed by atoms with Gasteiger partial charge in [-0.1, -0.05) is 12.1 Å². The fourth-order valence-corrected chi connectivity index (χ4v) is 5.08. The number of nitrogens with one attached hydrogen (secondary N) is 2. The number of carbonyl (C=O) groups is 2. The molecule has 1 heterocycles. The molecule has 2 amide bonds. The Morgan fingerprint density at radius 2 is 1.96 bits per heavy atom. The maximum Gasteiger partial charge on any atom is 0.234 e. The van der Waals surface area contributed by atoms with Gasteiger partial charge in [-0.2, -0.15) is 0 Å². The lowest BCUT2D eigenvalue weighted by Crippen LogP contribution is -2.26. The minimum Gasteiger partial charge on any atom is -0.326 e. The van der Waals surface area contributed by atoms with Crippen molar-refractivity contribution < 1.29 is 18.0 Å². The standard InChI is InChI=1S/C20H22N2O4S2/c1-12-4-5-13(2)16(8-12)21-19(23)9-14(3)28(25,26)15-6-7-18-17(10-15)22-20(24)11-27-18/h4-8,10,14H,9,11H2,1-3H3,(H,21,23)(H,22,24). The zero-order chi connectivity index (χ0) is 20.5. The predicted molar refractivity (Wildman–Crippen MR) is 112 cm³/mol. The fraction of sp³-hybridized carbons (Fsp3) is 0.300. The topological polar surface area (TPSA) is 92.3 Å². The largest absolute Gasteiger partial charge is 0.326 e. The van der Waals surface area contributed by atoms with Crippen molar-refractivity contribution in [3.8, 4) is 0 Å². The number of hydrogen-bond acceptors (Lipinski definition) is 5. The lowest BCUT2D eigenvalue weighted by molar-refractivity contribution is -0.116. The van der Waals surface area contributed by atoms with Gasteiger partial charge in [0.1, 0.15) is 0 Å². The van der Waals surface area contributed by atoms with Crippen LogP contribution in [-0.2, 0) is 19.4 Å². The van der Waals surface area contributed by atoms with E-state index >= 15 is 0 Å². The Hall–Kier alpha value is -2.32. The average molecular weight is 419 g/mol. The molecule has 0 spiro atoms. The van der Waals surface area contributed by atoms with E-state index in [2.05, 4.69) is 10.6 Å². The van der Waals surface area contributed by atoms with Crippen LogP contribution in [0.5, 0.6) is 0 Å². The molecule has 0 saturated carbocycles. The molecule has 8 heteroatoms. The molecule has 1 aliphatic rings. The average Bonchev–Trinajstić information content (AvgIpc) is 2.63. The number of fused-ring (bicyclic) bond motifs is 1. The van der Waals surface area contributed by atoms with Gasteiger partial charge in [0, 0.05) is 17.0 Å². The van der Waals surface area contributed by atoms with Crippen LogP contribution in [-0.4, -0.2) is 31.2 Å². The molecule has 148 valence electrons. The highest BCUT2D eigenvalue weighted by molar-refractivity contribution is 8.00. The van der Waals surface area contributed by atoms with Crippen LogP contribution in [0.4, 0.5) is 11.4 Å². The van der Waals surface area contributed by atoms with Gasteiger partial charge >= 0.3 is 0 Å². The molecule has 6 nitrogen and oxygen atoms in total.